The van der Waals surface area contributed by atoms with E-state index in [0.717, 1.165) is 29.8 Å². The number of aromatic amines is 1. The minimum Gasteiger partial charge on any atom is -0.326 e. The molecule has 2 unspecified atom stereocenters. The van der Waals surface area contributed by atoms with Gasteiger partial charge in [-0.3, -0.25) is 9.89 Å². The molecule has 23 heavy (non-hydrogen) atoms. The Kier molecular flexibility index (Phi) is 3.87. The zero-order valence-electron chi connectivity index (χ0n) is 13.1. The fourth-order valence-electron chi connectivity index (χ4n) is 4.00. The number of nitrogens with zero attached hydrogens (tertiary/aromatic N) is 1. The first-order valence-corrected chi connectivity index (χ1v) is 8.42. The van der Waals surface area contributed by atoms with Gasteiger partial charge in [-0.15, -0.1) is 0 Å². The molecular weight excluding hydrogens is 288 g/mol. The van der Waals surface area contributed by atoms with E-state index in [9.17, 15) is 4.79 Å². The molecule has 0 radical (unpaired) electrons. The first-order valence-electron chi connectivity index (χ1n) is 8.42. The number of amides is 1. The van der Waals surface area contributed by atoms with Gasteiger partial charge in [-0.05, 0) is 49.8 Å². The highest BCUT2D eigenvalue weighted by atomic mass is 16.1. The summed E-state index contributed by atoms with van der Waals surface area (Å²) in [6.45, 7) is 0. The second-order valence-electron chi connectivity index (χ2n) is 6.78. The average molecular weight is 310 g/mol. The summed E-state index contributed by atoms with van der Waals surface area (Å²) in [5.74, 6) is 0.641. The predicted octanol–water partition coefficient (Wildman–Crippen LogP) is 2.94. The van der Waals surface area contributed by atoms with Gasteiger partial charge in [0.25, 0.3) is 0 Å². The molecule has 2 saturated heterocycles. The number of carbonyl (C=O) groups excluding carboxylic acids is 1. The van der Waals surface area contributed by atoms with Crippen molar-refractivity contribution in [2.45, 2.75) is 44.2 Å². The van der Waals surface area contributed by atoms with Crippen molar-refractivity contribution in [2.24, 2.45) is 5.92 Å². The maximum absolute atomic E-state index is 12.4. The van der Waals surface area contributed by atoms with Crippen molar-refractivity contribution in [2.75, 3.05) is 5.32 Å². The second-order valence-corrected chi connectivity index (χ2v) is 6.78. The van der Waals surface area contributed by atoms with Crippen LogP contribution < -0.4 is 10.6 Å². The van der Waals surface area contributed by atoms with E-state index in [2.05, 4.69) is 20.8 Å². The summed E-state index contributed by atoms with van der Waals surface area (Å²) in [7, 11) is 0. The van der Waals surface area contributed by atoms with Crippen LogP contribution in [0.5, 0.6) is 0 Å². The number of H-pyrrole nitrogens is 1. The van der Waals surface area contributed by atoms with Gasteiger partial charge in [0, 0.05) is 36.0 Å². The van der Waals surface area contributed by atoms with Crippen LogP contribution in [-0.4, -0.2) is 28.2 Å². The van der Waals surface area contributed by atoms with Crippen LogP contribution in [0.3, 0.4) is 0 Å². The Bertz CT molecular complexity index is 670. The summed E-state index contributed by atoms with van der Waals surface area (Å²) in [6.07, 6.45) is 7.18. The molecule has 0 aliphatic carbocycles. The summed E-state index contributed by atoms with van der Waals surface area (Å²) in [6, 6.07) is 11.1. The van der Waals surface area contributed by atoms with Crippen LogP contribution in [0.4, 0.5) is 5.69 Å². The van der Waals surface area contributed by atoms with Crippen molar-refractivity contribution in [3.63, 3.8) is 0 Å². The number of fused-ring (bicyclic) bond motifs is 2. The van der Waals surface area contributed by atoms with E-state index in [1.165, 1.54) is 12.8 Å². The number of hydrogen-bond donors (Lipinski definition) is 3. The normalized spacial score (nSPS) is 26.2. The van der Waals surface area contributed by atoms with E-state index in [1.807, 2.05) is 30.3 Å². The molecule has 2 aliphatic heterocycles. The lowest BCUT2D eigenvalue weighted by Crippen LogP contribution is -2.39. The number of anilines is 1. The first kappa shape index (κ1) is 14.5. The van der Waals surface area contributed by atoms with Crippen molar-refractivity contribution in [1.82, 2.24) is 15.5 Å². The van der Waals surface area contributed by atoms with Gasteiger partial charge in [-0.2, -0.15) is 5.10 Å². The molecule has 1 aromatic heterocycles. The summed E-state index contributed by atoms with van der Waals surface area (Å²) in [4.78, 5) is 12.4. The van der Waals surface area contributed by atoms with E-state index < -0.39 is 0 Å². The molecule has 3 N–H and O–H groups in total. The Morgan fingerprint density at radius 2 is 2.04 bits per heavy atom. The van der Waals surface area contributed by atoms with Crippen LogP contribution in [0.2, 0.25) is 0 Å². The Morgan fingerprint density at radius 3 is 2.78 bits per heavy atom. The lowest BCUT2D eigenvalue weighted by Gasteiger charge is -2.28. The third-order valence-corrected chi connectivity index (χ3v) is 5.00. The van der Waals surface area contributed by atoms with Crippen LogP contribution in [0.1, 0.15) is 32.1 Å². The van der Waals surface area contributed by atoms with Gasteiger partial charge in [-0.25, -0.2) is 0 Å². The summed E-state index contributed by atoms with van der Waals surface area (Å²) >= 11 is 0. The molecule has 120 valence electrons. The van der Waals surface area contributed by atoms with Gasteiger partial charge in [-0.1, -0.05) is 12.1 Å². The third-order valence-electron chi connectivity index (χ3n) is 5.00. The molecule has 1 aromatic carbocycles. The quantitative estimate of drug-likeness (QED) is 0.813. The van der Waals surface area contributed by atoms with Gasteiger partial charge in [0.05, 0.1) is 5.69 Å². The molecule has 2 aliphatic rings. The van der Waals surface area contributed by atoms with Crippen LogP contribution >= 0.6 is 0 Å². The maximum Gasteiger partial charge on any atom is 0.224 e. The van der Waals surface area contributed by atoms with Gasteiger partial charge < -0.3 is 10.6 Å². The molecule has 2 atom stereocenters. The van der Waals surface area contributed by atoms with E-state index in [0.29, 0.717) is 24.4 Å². The minimum atomic E-state index is 0.123. The first-order chi connectivity index (χ1) is 11.3. The number of rotatable bonds is 4. The monoisotopic (exact) mass is 310 g/mol. The molecule has 2 aromatic rings. The minimum absolute atomic E-state index is 0.123. The highest BCUT2D eigenvalue weighted by molar-refractivity contribution is 5.91. The van der Waals surface area contributed by atoms with E-state index in [-0.39, 0.29) is 5.91 Å². The highest BCUT2D eigenvalue weighted by Gasteiger charge is 2.34. The van der Waals surface area contributed by atoms with Crippen molar-refractivity contribution in [3.8, 4) is 11.3 Å². The summed E-state index contributed by atoms with van der Waals surface area (Å²) < 4.78 is 0. The largest absolute Gasteiger partial charge is 0.326 e. The van der Waals surface area contributed by atoms with Gasteiger partial charge in [0.2, 0.25) is 5.91 Å². The Balaban J connectivity index is 1.38. The molecule has 4 rings (SSSR count). The zero-order chi connectivity index (χ0) is 15.6. The fraction of sp³-hybridized carbons (Fsp3) is 0.444. The Labute approximate surface area is 135 Å². The standard InChI is InChI=1S/C18H22N4O/c23-18(10-12-8-15-4-5-16(9-12)20-15)21-14-3-1-2-13(11-14)17-6-7-19-22-17/h1-3,6-7,11-12,15-16,20H,4-5,8-10H2,(H,19,22)(H,21,23). The Morgan fingerprint density at radius 1 is 1.22 bits per heavy atom. The molecule has 0 spiro atoms. The highest BCUT2D eigenvalue weighted by Crippen LogP contribution is 2.32. The van der Waals surface area contributed by atoms with E-state index in [4.69, 9.17) is 0 Å². The lowest BCUT2D eigenvalue weighted by molar-refractivity contribution is -0.117. The van der Waals surface area contributed by atoms with Gasteiger partial charge in [0.15, 0.2) is 0 Å². The summed E-state index contributed by atoms with van der Waals surface area (Å²) in [5, 5.41) is 13.6. The molecule has 5 heteroatoms. The number of hydrogen-bond acceptors (Lipinski definition) is 3. The predicted molar refractivity (Wildman–Crippen MR) is 89.9 cm³/mol. The maximum atomic E-state index is 12.4. The van der Waals surface area contributed by atoms with Crippen molar-refractivity contribution in [3.05, 3.63) is 36.5 Å². The van der Waals surface area contributed by atoms with Crippen LogP contribution in [0.15, 0.2) is 36.5 Å². The SMILES string of the molecule is O=C(CC1CC2CCC(C1)N2)Nc1cccc(-c2ccn[nH]2)c1. The topological polar surface area (TPSA) is 69.8 Å². The number of nitrogens with one attached hydrogen (secondary N) is 3. The van der Waals surface area contributed by atoms with Crippen LogP contribution in [0.25, 0.3) is 11.3 Å². The second kappa shape index (κ2) is 6.16. The zero-order valence-corrected chi connectivity index (χ0v) is 13.1. The van der Waals surface area contributed by atoms with Crippen LogP contribution in [-0.2, 0) is 4.79 Å². The molecular formula is C18H22N4O. The van der Waals surface area contributed by atoms with E-state index in [1.54, 1.807) is 6.20 Å². The number of piperidine rings is 1. The number of benzene rings is 1. The van der Waals surface area contributed by atoms with Crippen LogP contribution in [0, 0.1) is 5.92 Å². The van der Waals surface area contributed by atoms with Crippen molar-refractivity contribution in [1.29, 1.82) is 0 Å². The third kappa shape index (κ3) is 3.29. The van der Waals surface area contributed by atoms with Crippen molar-refractivity contribution >= 4 is 11.6 Å². The van der Waals surface area contributed by atoms with Crippen molar-refractivity contribution < 1.29 is 4.79 Å². The Hall–Kier alpha value is -2.14. The number of aromatic nitrogens is 2. The van der Waals surface area contributed by atoms with E-state index >= 15 is 0 Å². The lowest BCUT2D eigenvalue weighted by atomic mass is 9.89. The molecule has 1 amide bonds. The van der Waals surface area contributed by atoms with Gasteiger partial charge >= 0.3 is 0 Å². The molecule has 5 nitrogen and oxygen atoms in total. The molecule has 2 fully saturated rings. The smallest absolute Gasteiger partial charge is 0.224 e. The molecule has 2 bridgehead atoms. The average Bonchev–Trinajstić information content (AvgIpc) is 3.17. The van der Waals surface area contributed by atoms with Gasteiger partial charge in [0.1, 0.15) is 0 Å². The number of carbonyl (C=O) groups is 1. The summed E-state index contributed by atoms with van der Waals surface area (Å²) in [5.41, 5.74) is 2.83. The molecule has 0 saturated carbocycles. The molecule has 3 heterocycles. The fourth-order valence-corrected chi connectivity index (χ4v) is 4.00.